The molecular weight excluding hydrogens is 435 g/mol. The molecule has 0 unspecified atom stereocenters. The van der Waals surface area contributed by atoms with Crippen LogP contribution < -0.4 is 15.4 Å². The Bertz CT molecular complexity index is 1070. The fourth-order valence-corrected chi connectivity index (χ4v) is 3.73. The van der Waals surface area contributed by atoms with Crippen LogP contribution in [0, 0.1) is 5.82 Å². The number of aromatic nitrogens is 2. The first-order chi connectivity index (χ1) is 15.6. The number of hydrogen-bond acceptors (Lipinski definition) is 7. The van der Waals surface area contributed by atoms with Gasteiger partial charge in [0.25, 0.3) is 11.8 Å². The van der Waals surface area contributed by atoms with E-state index >= 15 is 0 Å². The van der Waals surface area contributed by atoms with Gasteiger partial charge in [0.05, 0.1) is 6.10 Å². The number of anilines is 1. The first-order valence-electron chi connectivity index (χ1n) is 10.1. The van der Waals surface area contributed by atoms with E-state index in [1.807, 2.05) is 0 Å². The minimum Gasteiger partial charge on any atom is -0.486 e. The second-order valence-electron chi connectivity index (χ2n) is 7.12. The Labute approximate surface area is 187 Å². The molecule has 2 N–H and O–H groups in total. The van der Waals surface area contributed by atoms with E-state index in [4.69, 9.17) is 9.47 Å². The number of rotatable bonds is 8. The molecule has 3 aromatic rings. The number of benzene rings is 2. The topological polar surface area (TPSA) is 102 Å². The van der Waals surface area contributed by atoms with Gasteiger partial charge in [-0.3, -0.25) is 9.59 Å². The number of carbonyl (C=O) groups is 2. The third kappa shape index (κ3) is 5.86. The number of nitrogens with zero attached hydrogens (tertiary/aromatic N) is 2. The van der Waals surface area contributed by atoms with Crippen molar-refractivity contribution in [2.75, 3.05) is 18.5 Å². The van der Waals surface area contributed by atoms with Crippen LogP contribution in [0.15, 0.2) is 48.5 Å². The molecule has 0 spiro atoms. The third-order valence-corrected chi connectivity index (χ3v) is 5.65. The van der Waals surface area contributed by atoms with E-state index in [9.17, 15) is 14.0 Å². The van der Waals surface area contributed by atoms with Gasteiger partial charge >= 0.3 is 0 Å². The zero-order chi connectivity index (χ0) is 22.3. The van der Waals surface area contributed by atoms with Crippen LogP contribution in [-0.4, -0.2) is 41.3 Å². The Morgan fingerprint density at radius 2 is 1.88 bits per heavy atom. The first-order valence-corrected chi connectivity index (χ1v) is 10.9. The maximum atomic E-state index is 13.0. The molecule has 1 atom stereocenters. The van der Waals surface area contributed by atoms with Crippen molar-refractivity contribution < 1.29 is 23.5 Å². The lowest BCUT2D eigenvalue weighted by atomic mass is 10.2. The number of carbonyl (C=O) groups excluding carboxylic acids is 2. The van der Waals surface area contributed by atoms with E-state index in [0.29, 0.717) is 28.6 Å². The lowest BCUT2D eigenvalue weighted by Crippen LogP contribution is -2.31. The lowest BCUT2D eigenvalue weighted by molar-refractivity contribution is 0.0857. The minimum absolute atomic E-state index is 0.0936. The molecule has 0 radical (unpaired) electrons. The Kier molecular flexibility index (Phi) is 7.03. The van der Waals surface area contributed by atoms with Crippen molar-refractivity contribution in [3.8, 4) is 5.75 Å². The maximum Gasteiger partial charge on any atom is 0.286 e. The Hall–Kier alpha value is -3.37. The second kappa shape index (κ2) is 10.3. The van der Waals surface area contributed by atoms with E-state index in [1.165, 1.54) is 24.3 Å². The zero-order valence-electron chi connectivity index (χ0n) is 17.0. The number of ether oxygens (including phenoxy) is 2. The molecule has 1 aliphatic heterocycles. The number of nitrogens with one attached hydrogen (secondary N) is 2. The van der Waals surface area contributed by atoms with Crippen LogP contribution in [0.4, 0.5) is 10.1 Å². The molecule has 1 fully saturated rings. The van der Waals surface area contributed by atoms with Crippen molar-refractivity contribution >= 4 is 28.8 Å². The summed E-state index contributed by atoms with van der Waals surface area (Å²) in [4.78, 5) is 24.5. The van der Waals surface area contributed by atoms with Crippen LogP contribution in [0.5, 0.6) is 5.75 Å². The third-order valence-electron chi connectivity index (χ3n) is 4.76. The smallest absolute Gasteiger partial charge is 0.286 e. The van der Waals surface area contributed by atoms with Gasteiger partial charge in [-0.1, -0.05) is 11.3 Å². The Balaban J connectivity index is 1.25. The molecule has 1 aromatic heterocycles. The lowest BCUT2D eigenvalue weighted by Gasteiger charge is -2.11. The first kappa shape index (κ1) is 21.8. The molecule has 166 valence electrons. The predicted octanol–water partition coefficient (Wildman–Crippen LogP) is 3.42. The molecule has 2 aromatic carbocycles. The van der Waals surface area contributed by atoms with Crippen LogP contribution in [0.25, 0.3) is 0 Å². The summed E-state index contributed by atoms with van der Waals surface area (Å²) < 4.78 is 24.1. The molecule has 2 amide bonds. The quantitative estimate of drug-likeness (QED) is 0.539. The van der Waals surface area contributed by atoms with E-state index in [1.54, 1.807) is 24.3 Å². The van der Waals surface area contributed by atoms with Gasteiger partial charge < -0.3 is 20.1 Å². The summed E-state index contributed by atoms with van der Waals surface area (Å²) >= 11 is 1.10. The molecule has 2 heterocycles. The van der Waals surface area contributed by atoms with Gasteiger partial charge in [0.15, 0.2) is 5.01 Å². The van der Waals surface area contributed by atoms with Crippen LogP contribution >= 0.6 is 11.3 Å². The minimum atomic E-state index is -0.432. The highest BCUT2D eigenvalue weighted by atomic mass is 32.1. The molecule has 8 nitrogen and oxygen atoms in total. The van der Waals surface area contributed by atoms with Gasteiger partial charge in [0.2, 0.25) is 5.01 Å². The van der Waals surface area contributed by atoms with Crippen LogP contribution in [0.3, 0.4) is 0 Å². The standard InChI is InChI=1S/C22H21FN4O4S/c23-15-5-7-16(8-6-15)25-21(29)22-27-26-19(32-22)13-31-17-9-3-14(4-10-17)20(28)24-12-18-2-1-11-30-18/h3-10,18H,1-2,11-13H2,(H,24,28)(H,25,29)/t18-/m0/s1. The van der Waals surface area contributed by atoms with Gasteiger partial charge in [-0.25, -0.2) is 4.39 Å². The second-order valence-corrected chi connectivity index (χ2v) is 8.18. The van der Waals surface area contributed by atoms with Gasteiger partial charge in [0.1, 0.15) is 18.2 Å². The number of amides is 2. The van der Waals surface area contributed by atoms with Gasteiger partial charge in [0, 0.05) is 24.4 Å². The van der Waals surface area contributed by atoms with E-state index in [2.05, 4.69) is 20.8 Å². The number of hydrogen-bond donors (Lipinski definition) is 2. The van der Waals surface area contributed by atoms with Crippen molar-refractivity contribution in [1.29, 1.82) is 0 Å². The summed E-state index contributed by atoms with van der Waals surface area (Å²) in [6, 6.07) is 12.2. The van der Waals surface area contributed by atoms with Crippen molar-refractivity contribution in [3.63, 3.8) is 0 Å². The molecule has 0 saturated carbocycles. The van der Waals surface area contributed by atoms with Crippen LogP contribution in [0.2, 0.25) is 0 Å². The molecule has 1 aliphatic rings. The van der Waals surface area contributed by atoms with Crippen molar-refractivity contribution in [3.05, 3.63) is 69.9 Å². The summed E-state index contributed by atoms with van der Waals surface area (Å²) in [6.07, 6.45) is 2.09. The van der Waals surface area contributed by atoms with Crippen LogP contribution in [-0.2, 0) is 11.3 Å². The van der Waals surface area contributed by atoms with Crippen molar-refractivity contribution in [1.82, 2.24) is 15.5 Å². The maximum absolute atomic E-state index is 13.0. The molecule has 32 heavy (non-hydrogen) atoms. The van der Waals surface area contributed by atoms with Crippen LogP contribution in [0.1, 0.15) is 38.0 Å². The Morgan fingerprint density at radius 3 is 2.59 bits per heavy atom. The fourth-order valence-electron chi connectivity index (χ4n) is 3.08. The number of halogens is 1. The Morgan fingerprint density at radius 1 is 1.09 bits per heavy atom. The highest BCUT2D eigenvalue weighted by Crippen LogP contribution is 2.18. The van der Waals surface area contributed by atoms with Crippen molar-refractivity contribution in [2.45, 2.75) is 25.6 Å². The molecule has 0 bridgehead atoms. The molecule has 4 rings (SSSR count). The normalized spacial score (nSPS) is 15.3. The summed E-state index contributed by atoms with van der Waals surface area (Å²) in [6.45, 7) is 1.39. The van der Waals surface area contributed by atoms with E-state index < -0.39 is 5.91 Å². The van der Waals surface area contributed by atoms with Crippen molar-refractivity contribution in [2.24, 2.45) is 0 Å². The zero-order valence-corrected chi connectivity index (χ0v) is 17.9. The fraction of sp³-hybridized carbons (Fsp3) is 0.273. The molecular formula is C22H21FN4O4S. The highest BCUT2D eigenvalue weighted by molar-refractivity contribution is 7.13. The predicted molar refractivity (Wildman–Crippen MR) is 116 cm³/mol. The van der Waals surface area contributed by atoms with Gasteiger partial charge in [-0.05, 0) is 61.4 Å². The molecule has 1 saturated heterocycles. The van der Waals surface area contributed by atoms with E-state index in [-0.39, 0.29) is 29.4 Å². The summed E-state index contributed by atoms with van der Waals surface area (Å²) in [7, 11) is 0. The van der Waals surface area contributed by atoms with E-state index in [0.717, 1.165) is 30.8 Å². The summed E-state index contributed by atoms with van der Waals surface area (Å²) in [5.74, 6) is -0.411. The summed E-state index contributed by atoms with van der Waals surface area (Å²) in [5, 5.41) is 14.0. The average Bonchev–Trinajstić information content (AvgIpc) is 3.50. The SMILES string of the molecule is O=C(NC[C@@H]1CCCO1)c1ccc(OCc2nnc(C(=O)Nc3ccc(F)cc3)s2)cc1. The molecule has 10 heteroatoms. The highest BCUT2D eigenvalue weighted by Gasteiger charge is 2.17. The average molecular weight is 456 g/mol. The van der Waals surface area contributed by atoms with Gasteiger partial charge in [-0.15, -0.1) is 10.2 Å². The largest absolute Gasteiger partial charge is 0.486 e. The van der Waals surface area contributed by atoms with Gasteiger partial charge in [-0.2, -0.15) is 0 Å². The monoisotopic (exact) mass is 456 g/mol. The molecule has 0 aliphatic carbocycles. The summed E-state index contributed by atoms with van der Waals surface area (Å²) in [5.41, 5.74) is 0.996.